The Morgan fingerprint density at radius 3 is 2.18 bits per heavy atom. The van der Waals surface area contributed by atoms with Gasteiger partial charge in [0.15, 0.2) is 5.96 Å². The number of nitrogens with zero attached hydrogens (tertiary/aromatic N) is 1. The van der Waals surface area contributed by atoms with Gasteiger partial charge in [-0.1, -0.05) is 18.2 Å². The Labute approximate surface area is 223 Å². The fraction of sp³-hybridized carbons (Fsp3) is 0.417. The number of nitrogens with one attached hydrogen (secondary N) is 4. The Balaban J connectivity index is 2.30. The maximum atomic E-state index is 13.3. The number of carboxylic acids is 2. The number of aromatic nitrogens is 1. The number of benzene rings is 1. The Morgan fingerprint density at radius 1 is 0.949 bits per heavy atom. The number of carbonyl (C=O) groups excluding carboxylic acids is 3. The van der Waals surface area contributed by atoms with Crippen LogP contribution in [0.3, 0.4) is 0 Å². The van der Waals surface area contributed by atoms with E-state index in [2.05, 4.69) is 25.9 Å². The van der Waals surface area contributed by atoms with E-state index < -0.39 is 60.2 Å². The lowest BCUT2D eigenvalue weighted by Crippen LogP contribution is -2.57. The molecule has 3 amide bonds. The minimum absolute atomic E-state index is 0.00229. The molecule has 4 unspecified atom stereocenters. The summed E-state index contributed by atoms with van der Waals surface area (Å²) in [5, 5.41) is 26.8. The van der Waals surface area contributed by atoms with Crippen LogP contribution in [0, 0.1) is 0 Å². The molecular formula is C24H34N8O7. The minimum atomic E-state index is -1.53. The lowest BCUT2D eigenvalue weighted by atomic mass is 10.0. The van der Waals surface area contributed by atoms with Crippen LogP contribution in [-0.4, -0.2) is 81.5 Å². The van der Waals surface area contributed by atoms with Crippen molar-refractivity contribution in [2.75, 3.05) is 6.54 Å². The fourth-order valence-corrected chi connectivity index (χ4v) is 3.72. The Hall–Kier alpha value is -4.66. The SMILES string of the molecule is CC(N)C(=O)NC(CC(=O)O)C(=O)NC(Cc1c[nH]c2ccccc12)C(=O)NC(CCCN=C(N)N)C(=O)O. The van der Waals surface area contributed by atoms with Gasteiger partial charge in [-0.15, -0.1) is 0 Å². The fourth-order valence-electron chi connectivity index (χ4n) is 3.72. The van der Waals surface area contributed by atoms with E-state index >= 15 is 0 Å². The van der Waals surface area contributed by atoms with Gasteiger partial charge in [-0.05, 0) is 31.4 Å². The topological polar surface area (TPSA) is 268 Å². The summed E-state index contributed by atoms with van der Waals surface area (Å²) in [5.74, 6) is -5.37. The van der Waals surface area contributed by atoms with Gasteiger partial charge in [-0.2, -0.15) is 0 Å². The first-order valence-corrected chi connectivity index (χ1v) is 12.1. The molecule has 0 spiro atoms. The number of aliphatic carboxylic acids is 2. The first kappa shape index (κ1) is 30.6. The van der Waals surface area contributed by atoms with Crippen molar-refractivity contribution >= 4 is 46.5 Å². The van der Waals surface area contributed by atoms with E-state index in [0.29, 0.717) is 5.56 Å². The Morgan fingerprint density at radius 2 is 1.56 bits per heavy atom. The van der Waals surface area contributed by atoms with E-state index in [1.807, 2.05) is 12.1 Å². The van der Waals surface area contributed by atoms with E-state index in [-0.39, 0.29) is 31.8 Å². The number of nitrogens with two attached hydrogens (primary N) is 3. The van der Waals surface area contributed by atoms with Crippen LogP contribution in [0.1, 0.15) is 31.7 Å². The predicted molar refractivity (Wildman–Crippen MR) is 141 cm³/mol. The number of aliphatic imine (C=N–C) groups is 1. The van der Waals surface area contributed by atoms with E-state index in [1.54, 1.807) is 18.3 Å². The number of carboxylic acid groups (broad SMARTS) is 2. The van der Waals surface area contributed by atoms with E-state index in [9.17, 15) is 34.2 Å². The zero-order valence-corrected chi connectivity index (χ0v) is 21.3. The molecule has 2 aromatic rings. The second kappa shape index (κ2) is 14.3. The van der Waals surface area contributed by atoms with Gasteiger partial charge < -0.3 is 48.3 Å². The molecule has 212 valence electrons. The van der Waals surface area contributed by atoms with Gasteiger partial charge in [-0.3, -0.25) is 24.2 Å². The highest BCUT2D eigenvalue weighted by Gasteiger charge is 2.31. The largest absolute Gasteiger partial charge is 0.481 e. The van der Waals surface area contributed by atoms with Crippen molar-refractivity contribution in [2.45, 2.75) is 56.8 Å². The van der Waals surface area contributed by atoms with E-state index in [1.165, 1.54) is 6.92 Å². The maximum Gasteiger partial charge on any atom is 0.326 e. The second-order valence-corrected chi connectivity index (χ2v) is 8.92. The van der Waals surface area contributed by atoms with E-state index in [4.69, 9.17) is 17.2 Å². The highest BCUT2D eigenvalue weighted by molar-refractivity contribution is 5.96. The summed E-state index contributed by atoms with van der Waals surface area (Å²) in [4.78, 5) is 68.4. The van der Waals surface area contributed by atoms with Gasteiger partial charge in [0.05, 0.1) is 12.5 Å². The molecule has 1 aromatic heterocycles. The number of fused-ring (bicyclic) bond motifs is 1. The number of para-hydroxylation sites is 1. The number of amides is 3. The number of rotatable bonds is 15. The summed E-state index contributed by atoms with van der Waals surface area (Å²) < 4.78 is 0. The van der Waals surface area contributed by atoms with Crippen LogP contribution in [0.4, 0.5) is 0 Å². The van der Waals surface area contributed by atoms with Crippen molar-refractivity contribution < 1.29 is 34.2 Å². The van der Waals surface area contributed by atoms with Gasteiger partial charge in [-0.25, -0.2) is 4.79 Å². The van der Waals surface area contributed by atoms with Crippen molar-refractivity contribution in [3.05, 3.63) is 36.0 Å². The molecule has 0 aliphatic carbocycles. The number of hydrogen-bond donors (Lipinski definition) is 9. The molecule has 0 saturated heterocycles. The molecule has 12 N–H and O–H groups in total. The summed E-state index contributed by atoms with van der Waals surface area (Å²) in [6.45, 7) is 1.51. The molecule has 1 aromatic carbocycles. The molecule has 0 aliphatic heterocycles. The minimum Gasteiger partial charge on any atom is -0.481 e. The van der Waals surface area contributed by atoms with Crippen molar-refractivity contribution in [3.63, 3.8) is 0 Å². The second-order valence-electron chi connectivity index (χ2n) is 8.92. The van der Waals surface area contributed by atoms with Crippen LogP contribution in [0.15, 0.2) is 35.5 Å². The first-order chi connectivity index (χ1) is 18.4. The van der Waals surface area contributed by atoms with Crippen LogP contribution < -0.4 is 33.2 Å². The molecule has 4 atom stereocenters. The van der Waals surface area contributed by atoms with Crippen molar-refractivity contribution in [3.8, 4) is 0 Å². The highest BCUT2D eigenvalue weighted by Crippen LogP contribution is 2.19. The number of carbonyl (C=O) groups is 5. The summed E-state index contributed by atoms with van der Waals surface area (Å²) >= 11 is 0. The van der Waals surface area contributed by atoms with Crippen molar-refractivity contribution in [1.82, 2.24) is 20.9 Å². The first-order valence-electron chi connectivity index (χ1n) is 12.1. The van der Waals surface area contributed by atoms with Gasteiger partial charge in [0.1, 0.15) is 18.1 Å². The monoisotopic (exact) mass is 546 g/mol. The van der Waals surface area contributed by atoms with Crippen LogP contribution in [0.25, 0.3) is 10.9 Å². The molecule has 2 rings (SSSR count). The van der Waals surface area contributed by atoms with Crippen LogP contribution >= 0.6 is 0 Å². The third kappa shape index (κ3) is 9.62. The normalized spacial score (nSPS) is 13.9. The quantitative estimate of drug-likeness (QED) is 0.0681. The zero-order chi connectivity index (χ0) is 29.1. The number of H-pyrrole nitrogens is 1. The summed E-state index contributed by atoms with van der Waals surface area (Å²) in [7, 11) is 0. The zero-order valence-electron chi connectivity index (χ0n) is 21.3. The van der Waals surface area contributed by atoms with Gasteiger partial charge in [0, 0.05) is 30.1 Å². The van der Waals surface area contributed by atoms with Crippen LogP contribution in [0.2, 0.25) is 0 Å². The van der Waals surface area contributed by atoms with Gasteiger partial charge in [0.2, 0.25) is 17.7 Å². The van der Waals surface area contributed by atoms with Crippen molar-refractivity contribution in [1.29, 1.82) is 0 Å². The molecule has 15 heteroatoms. The molecule has 1 heterocycles. The molecular weight excluding hydrogens is 512 g/mol. The third-order valence-electron chi connectivity index (χ3n) is 5.72. The molecule has 0 fully saturated rings. The van der Waals surface area contributed by atoms with Crippen LogP contribution in [0.5, 0.6) is 0 Å². The lowest BCUT2D eigenvalue weighted by molar-refractivity contribution is -0.143. The Kier molecular flexibility index (Phi) is 11.2. The highest BCUT2D eigenvalue weighted by atomic mass is 16.4. The molecule has 0 saturated carbocycles. The summed E-state index contributed by atoms with van der Waals surface area (Å²) in [6, 6.07) is 2.03. The van der Waals surface area contributed by atoms with Gasteiger partial charge in [0.25, 0.3) is 0 Å². The molecule has 0 radical (unpaired) electrons. The number of hydrogen-bond acceptors (Lipinski definition) is 7. The number of aromatic amines is 1. The molecule has 39 heavy (non-hydrogen) atoms. The van der Waals surface area contributed by atoms with E-state index in [0.717, 1.165) is 10.9 Å². The van der Waals surface area contributed by atoms with Gasteiger partial charge >= 0.3 is 11.9 Å². The average Bonchev–Trinajstić information content (AvgIpc) is 3.26. The average molecular weight is 547 g/mol. The third-order valence-corrected chi connectivity index (χ3v) is 5.72. The number of guanidine groups is 1. The lowest BCUT2D eigenvalue weighted by Gasteiger charge is -2.24. The Bertz CT molecular complexity index is 1220. The predicted octanol–water partition coefficient (Wildman–Crippen LogP) is -1.88. The summed E-state index contributed by atoms with van der Waals surface area (Å²) in [5.41, 5.74) is 17.5. The maximum absolute atomic E-state index is 13.3. The molecule has 15 nitrogen and oxygen atoms in total. The molecule has 0 bridgehead atoms. The standard InChI is InChI=1S/C24H34N8O7/c1-12(25)20(35)31-18(10-19(33)34)22(37)32-17(9-13-11-29-15-6-3-2-5-14(13)15)21(36)30-16(23(38)39)7-4-8-28-24(26)27/h2-3,5-6,11-12,16-18,29H,4,7-10,25H2,1H3,(H,30,36)(H,31,35)(H,32,37)(H,33,34)(H,38,39)(H4,26,27,28). The smallest absolute Gasteiger partial charge is 0.326 e. The van der Waals surface area contributed by atoms with Crippen molar-refractivity contribution in [2.24, 2.45) is 22.2 Å². The molecule has 0 aliphatic rings. The summed E-state index contributed by atoms with van der Waals surface area (Å²) in [6.07, 6.45) is 1.06. The van der Waals surface area contributed by atoms with Crippen LogP contribution in [-0.2, 0) is 30.4 Å².